The van der Waals surface area contributed by atoms with E-state index >= 15 is 0 Å². The Balaban J connectivity index is 1.92. The first-order chi connectivity index (χ1) is 6.85. The molecule has 1 aliphatic heterocycles. The number of rotatable bonds is 1. The van der Waals surface area contributed by atoms with Crippen LogP contribution in [0.5, 0.6) is 0 Å². The Labute approximate surface area is 85.4 Å². The van der Waals surface area contributed by atoms with Crippen LogP contribution in [0.1, 0.15) is 44.9 Å². The summed E-state index contributed by atoms with van der Waals surface area (Å²) < 4.78 is 11.5. The van der Waals surface area contributed by atoms with Gasteiger partial charge in [0.15, 0.2) is 5.79 Å². The predicted octanol–water partition coefficient (Wildman–Crippen LogP) is 1.83. The molecule has 0 radical (unpaired) electrons. The monoisotopic (exact) mass is 200 g/mol. The molecule has 14 heavy (non-hydrogen) atoms. The number of aliphatic hydroxyl groups excluding tert-OH is 1. The number of aliphatic hydroxyl groups is 1. The lowest BCUT2D eigenvalue weighted by Gasteiger charge is -2.29. The molecule has 0 bridgehead atoms. The van der Waals surface area contributed by atoms with Crippen LogP contribution in [0.3, 0.4) is 0 Å². The predicted molar refractivity (Wildman–Crippen MR) is 53.0 cm³/mol. The second-order valence-electron chi connectivity index (χ2n) is 4.41. The molecule has 1 N–H and O–H groups in total. The molecule has 2 rings (SSSR count). The van der Waals surface area contributed by atoms with Crippen molar-refractivity contribution >= 4 is 0 Å². The third-order valence-electron chi connectivity index (χ3n) is 3.23. The average Bonchev–Trinajstić information content (AvgIpc) is 2.57. The van der Waals surface area contributed by atoms with Gasteiger partial charge in [-0.3, -0.25) is 0 Å². The zero-order valence-corrected chi connectivity index (χ0v) is 8.71. The zero-order chi connectivity index (χ0) is 9.86. The van der Waals surface area contributed by atoms with Gasteiger partial charge in [0.25, 0.3) is 0 Å². The van der Waals surface area contributed by atoms with Gasteiger partial charge >= 0.3 is 0 Å². The highest BCUT2D eigenvalue weighted by Crippen LogP contribution is 2.35. The van der Waals surface area contributed by atoms with E-state index in [-0.39, 0.29) is 18.5 Å². The Bertz CT molecular complexity index is 173. The van der Waals surface area contributed by atoms with Crippen molar-refractivity contribution in [1.82, 2.24) is 0 Å². The molecular formula is C11H20O3. The lowest BCUT2D eigenvalue weighted by molar-refractivity contribution is -0.183. The van der Waals surface area contributed by atoms with Crippen LogP contribution in [0, 0.1) is 0 Å². The Morgan fingerprint density at radius 1 is 1.07 bits per heavy atom. The van der Waals surface area contributed by atoms with Gasteiger partial charge in [0, 0.05) is 12.8 Å². The molecular weight excluding hydrogens is 180 g/mol. The minimum atomic E-state index is -0.339. The van der Waals surface area contributed by atoms with Crippen molar-refractivity contribution < 1.29 is 14.6 Å². The van der Waals surface area contributed by atoms with E-state index in [1.807, 2.05) is 0 Å². The van der Waals surface area contributed by atoms with Crippen LogP contribution in [0.15, 0.2) is 0 Å². The minimum Gasteiger partial charge on any atom is -0.394 e. The second kappa shape index (κ2) is 4.60. The Morgan fingerprint density at radius 2 is 1.71 bits per heavy atom. The molecule has 0 amide bonds. The first-order valence-electron chi connectivity index (χ1n) is 5.77. The standard InChI is InChI=1S/C11H20O3/c12-8-10-9-13-11(14-10)6-4-2-1-3-5-7-11/h10,12H,1-9H2. The smallest absolute Gasteiger partial charge is 0.169 e. The van der Waals surface area contributed by atoms with Gasteiger partial charge in [0.1, 0.15) is 6.10 Å². The highest BCUT2D eigenvalue weighted by molar-refractivity contribution is 4.80. The Hall–Kier alpha value is -0.120. The zero-order valence-electron chi connectivity index (χ0n) is 8.71. The lowest BCUT2D eigenvalue weighted by atomic mass is 9.96. The van der Waals surface area contributed by atoms with E-state index in [9.17, 15) is 0 Å². The van der Waals surface area contributed by atoms with Crippen LogP contribution in [0.2, 0.25) is 0 Å². The molecule has 0 aromatic carbocycles. The van der Waals surface area contributed by atoms with Crippen LogP contribution in [-0.4, -0.2) is 30.2 Å². The summed E-state index contributed by atoms with van der Waals surface area (Å²) in [5.74, 6) is -0.339. The second-order valence-corrected chi connectivity index (χ2v) is 4.41. The molecule has 3 heteroatoms. The van der Waals surface area contributed by atoms with Crippen molar-refractivity contribution in [2.45, 2.75) is 56.8 Å². The topological polar surface area (TPSA) is 38.7 Å². The van der Waals surface area contributed by atoms with Crippen LogP contribution in [-0.2, 0) is 9.47 Å². The fraction of sp³-hybridized carbons (Fsp3) is 1.00. The van der Waals surface area contributed by atoms with E-state index in [2.05, 4.69) is 0 Å². The van der Waals surface area contributed by atoms with Crippen molar-refractivity contribution in [3.05, 3.63) is 0 Å². The van der Waals surface area contributed by atoms with Gasteiger partial charge in [-0.2, -0.15) is 0 Å². The van der Waals surface area contributed by atoms with E-state index in [0.29, 0.717) is 6.61 Å². The van der Waals surface area contributed by atoms with Crippen molar-refractivity contribution in [3.63, 3.8) is 0 Å². The van der Waals surface area contributed by atoms with Gasteiger partial charge in [0.05, 0.1) is 13.2 Å². The third kappa shape index (κ3) is 2.27. The highest BCUT2D eigenvalue weighted by Gasteiger charge is 2.40. The minimum absolute atomic E-state index is 0.0851. The first kappa shape index (κ1) is 10.4. The van der Waals surface area contributed by atoms with E-state index < -0.39 is 0 Å². The lowest BCUT2D eigenvalue weighted by Crippen LogP contribution is -2.32. The van der Waals surface area contributed by atoms with E-state index in [0.717, 1.165) is 12.8 Å². The molecule has 1 saturated carbocycles. The van der Waals surface area contributed by atoms with Crippen LogP contribution < -0.4 is 0 Å². The highest BCUT2D eigenvalue weighted by atomic mass is 16.7. The summed E-state index contributed by atoms with van der Waals surface area (Å²) in [6.45, 7) is 0.651. The van der Waals surface area contributed by atoms with E-state index in [1.165, 1.54) is 32.1 Å². The molecule has 2 aliphatic rings. The quantitative estimate of drug-likeness (QED) is 0.702. The van der Waals surface area contributed by atoms with Gasteiger partial charge < -0.3 is 14.6 Å². The molecule has 2 fully saturated rings. The van der Waals surface area contributed by atoms with Gasteiger partial charge in [-0.15, -0.1) is 0 Å². The largest absolute Gasteiger partial charge is 0.394 e. The van der Waals surface area contributed by atoms with Crippen molar-refractivity contribution in [2.75, 3.05) is 13.2 Å². The summed E-state index contributed by atoms with van der Waals surface area (Å²) in [6, 6.07) is 0. The molecule has 1 heterocycles. The summed E-state index contributed by atoms with van der Waals surface area (Å²) >= 11 is 0. The molecule has 1 atom stereocenters. The summed E-state index contributed by atoms with van der Waals surface area (Å²) in [6.07, 6.45) is 8.23. The van der Waals surface area contributed by atoms with Crippen molar-refractivity contribution in [2.24, 2.45) is 0 Å². The molecule has 1 unspecified atom stereocenters. The van der Waals surface area contributed by atoms with Crippen LogP contribution in [0.25, 0.3) is 0 Å². The normalized spacial score (nSPS) is 32.8. The fourth-order valence-electron chi connectivity index (χ4n) is 2.41. The maximum Gasteiger partial charge on any atom is 0.169 e. The Kier molecular flexibility index (Phi) is 3.42. The molecule has 3 nitrogen and oxygen atoms in total. The maximum atomic E-state index is 9.00. The van der Waals surface area contributed by atoms with Crippen molar-refractivity contribution in [1.29, 1.82) is 0 Å². The van der Waals surface area contributed by atoms with Gasteiger partial charge in [-0.05, 0) is 12.8 Å². The SMILES string of the molecule is OCC1COC2(CCCCCCC2)O1. The van der Waals surface area contributed by atoms with Crippen LogP contribution in [0.4, 0.5) is 0 Å². The fourth-order valence-corrected chi connectivity index (χ4v) is 2.41. The average molecular weight is 200 g/mol. The Morgan fingerprint density at radius 3 is 2.29 bits per heavy atom. The molecule has 1 saturated heterocycles. The van der Waals surface area contributed by atoms with Gasteiger partial charge in [-0.25, -0.2) is 0 Å². The van der Waals surface area contributed by atoms with Crippen molar-refractivity contribution in [3.8, 4) is 0 Å². The summed E-state index contributed by atoms with van der Waals surface area (Å²) in [7, 11) is 0. The molecule has 0 aromatic heterocycles. The van der Waals surface area contributed by atoms with E-state index in [4.69, 9.17) is 14.6 Å². The number of ether oxygens (including phenoxy) is 2. The molecule has 1 aliphatic carbocycles. The number of hydrogen-bond acceptors (Lipinski definition) is 3. The summed E-state index contributed by atoms with van der Waals surface area (Å²) in [5, 5.41) is 9.00. The van der Waals surface area contributed by atoms with Crippen LogP contribution >= 0.6 is 0 Å². The number of hydrogen-bond donors (Lipinski definition) is 1. The summed E-state index contributed by atoms with van der Waals surface area (Å²) in [4.78, 5) is 0. The first-order valence-corrected chi connectivity index (χ1v) is 5.77. The van der Waals surface area contributed by atoms with E-state index in [1.54, 1.807) is 0 Å². The van der Waals surface area contributed by atoms with Gasteiger partial charge in [0.2, 0.25) is 0 Å². The third-order valence-corrected chi connectivity index (χ3v) is 3.23. The molecule has 0 aromatic rings. The van der Waals surface area contributed by atoms with Gasteiger partial charge in [-0.1, -0.05) is 19.3 Å². The molecule has 82 valence electrons. The maximum absolute atomic E-state index is 9.00. The molecule has 1 spiro atoms. The summed E-state index contributed by atoms with van der Waals surface area (Å²) in [5.41, 5.74) is 0.